The van der Waals surface area contributed by atoms with Gasteiger partial charge in [-0.05, 0) is 43.0 Å². The van der Waals surface area contributed by atoms with Crippen molar-refractivity contribution >= 4 is 50.3 Å². The number of urea groups is 1. The second-order valence-electron chi connectivity index (χ2n) is 6.31. The van der Waals surface area contributed by atoms with Gasteiger partial charge in [0.05, 0.1) is 0 Å². The number of rotatable bonds is 3. The van der Waals surface area contributed by atoms with E-state index >= 15 is 0 Å². The minimum atomic E-state index is -0.0407. The van der Waals surface area contributed by atoms with Crippen molar-refractivity contribution < 1.29 is 4.79 Å². The number of hydrogen-bond donors (Lipinski definition) is 1. The number of carbonyl (C=O) groups excluding carboxylic acids is 1. The van der Waals surface area contributed by atoms with Gasteiger partial charge in [-0.15, -0.1) is 11.8 Å². The molecule has 1 aromatic carbocycles. The molecule has 140 valence electrons. The summed E-state index contributed by atoms with van der Waals surface area (Å²) in [6, 6.07) is 11.8. The Balaban J connectivity index is 1.41. The average molecular weight is 400 g/mol. The Morgan fingerprint density at radius 1 is 1.19 bits per heavy atom. The number of pyridine rings is 1. The zero-order chi connectivity index (χ0) is 18.6. The van der Waals surface area contributed by atoms with Crippen molar-refractivity contribution in [3.8, 4) is 0 Å². The van der Waals surface area contributed by atoms with Crippen LogP contribution in [0.4, 0.5) is 15.6 Å². The van der Waals surface area contributed by atoms with Crippen molar-refractivity contribution in [3.63, 3.8) is 0 Å². The van der Waals surface area contributed by atoms with Crippen LogP contribution >= 0.6 is 23.1 Å². The molecule has 0 spiro atoms. The van der Waals surface area contributed by atoms with Crippen molar-refractivity contribution in [2.45, 2.75) is 11.3 Å². The summed E-state index contributed by atoms with van der Waals surface area (Å²) in [7, 11) is 0. The van der Waals surface area contributed by atoms with Crippen LogP contribution in [-0.4, -0.2) is 53.3 Å². The van der Waals surface area contributed by atoms with Crippen molar-refractivity contribution in [3.05, 3.63) is 42.6 Å². The van der Waals surface area contributed by atoms with E-state index in [0.717, 1.165) is 52.1 Å². The molecule has 0 unspecified atom stereocenters. The number of fused-ring (bicyclic) bond motifs is 1. The molecule has 27 heavy (non-hydrogen) atoms. The van der Waals surface area contributed by atoms with E-state index in [-0.39, 0.29) is 6.03 Å². The maximum absolute atomic E-state index is 12.7. The molecular weight excluding hydrogens is 378 g/mol. The molecule has 4 rings (SSSR count). The molecule has 1 N–H and O–H groups in total. The van der Waals surface area contributed by atoms with Crippen LogP contribution in [0.25, 0.3) is 10.3 Å². The lowest BCUT2D eigenvalue weighted by molar-refractivity contribution is 0.215. The molecule has 8 heteroatoms. The van der Waals surface area contributed by atoms with E-state index in [4.69, 9.17) is 4.98 Å². The molecule has 6 nitrogen and oxygen atoms in total. The fourth-order valence-corrected chi connectivity index (χ4v) is 4.53. The molecule has 2 aromatic heterocycles. The summed E-state index contributed by atoms with van der Waals surface area (Å²) >= 11 is 3.28. The first-order valence-corrected chi connectivity index (χ1v) is 10.9. The van der Waals surface area contributed by atoms with Crippen LogP contribution < -0.4 is 10.2 Å². The third-order valence-corrected chi connectivity index (χ3v) is 6.30. The predicted molar refractivity (Wildman–Crippen MR) is 113 cm³/mol. The Morgan fingerprint density at radius 2 is 2.11 bits per heavy atom. The van der Waals surface area contributed by atoms with E-state index in [1.54, 1.807) is 29.3 Å². The normalized spacial score (nSPS) is 15.0. The summed E-state index contributed by atoms with van der Waals surface area (Å²) in [6.07, 6.45) is 4.74. The molecule has 1 saturated heterocycles. The quantitative estimate of drug-likeness (QED) is 0.670. The van der Waals surface area contributed by atoms with Gasteiger partial charge in [0.15, 0.2) is 5.13 Å². The highest BCUT2D eigenvalue weighted by Crippen LogP contribution is 2.27. The SMILES string of the molecule is CSc1cccc(NC(=O)N2CCCN(c3nc4cccnc4s3)CC2)c1. The van der Waals surface area contributed by atoms with Crippen LogP contribution in [0.15, 0.2) is 47.5 Å². The molecule has 3 heterocycles. The van der Waals surface area contributed by atoms with Crippen molar-refractivity contribution in [1.29, 1.82) is 0 Å². The number of carbonyl (C=O) groups is 1. The Hall–Kier alpha value is -2.32. The maximum Gasteiger partial charge on any atom is 0.321 e. The van der Waals surface area contributed by atoms with Crippen LogP contribution in [0.5, 0.6) is 0 Å². The van der Waals surface area contributed by atoms with Gasteiger partial charge in [-0.3, -0.25) is 0 Å². The molecule has 0 radical (unpaired) electrons. The van der Waals surface area contributed by atoms with Gasteiger partial charge in [0.2, 0.25) is 0 Å². The smallest absolute Gasteiger partial charge is 0.321 e. The summed E-state index contributed by atoms with van der Waals surface area (Å²) in [4.78, 5) is 28.0. The second kappa shape index (κ2) is 8.14. The number of anilines is 2. The topological polar surface area (TPSA) is 61.4 Å². The van der Waals surface area contributed by atoms with Gasteiger partial charge in [-0.25, -0.2) is 14.8 Å². The third-order valence-electron chi connectivity index (χ3n) is 4.53. The Labute approximate surface area is 166 Å². The molecule has 0 bridgehead atoms. The molecule has 2 amide bonds. The Kier molecular flexibility index (Phi) is 5.45. The number of nitrogens with zero attached hydrogens (tertiary/aromatic N) is 4. The number of thiazole rings is 1. The maximum atomic E-state index is 12.7. The van der Waals surface area contributed by atoms with Gasteiger partial charge in [-0.1, -0.05) is 17.4 Å². The number of amides is 2. The summed E-state index contributed by atoms with van der Waals surface area (Å²) < 4.78 is 0. The first-order valence-electron chi connectivity index (χ1n) is 8.89. The van der Waals surface area contributed by atoms with Crippen LogP contribution in [0.1, 0.15) is 6.42 Å². The lowest BCUT2D eigenvalue weighted by Crippen LogP contribution is -2.38. The van der Waals surface area contributed by atoms with Crippen LogP contribution in [0, 0.1) is 0 Å². The molecule has 1 aliphatic heterocycles. The molecule has 0 saturated carbocycles. The van der Waals surface area contributed by atoms with Crippen molar-refractivity contribution in [2.75, 3.05) is 42.7 Å². The largest absolute Gasteiger partial charge is 0.346 e. The van der Waals surface area contributed by atoms with Crippen LogP contribution in [0.3, 0.4) is 0 Å². The molecule has 0 aliphatic carbocycles. The van der Waals surface area contributed by atoms with Crippen LogP contribution in [0.2, 0.25) is 0 Å². The second-order valence-corrected chi connectivity index (χ2v) is 8.15. The van der Waals surface area contributed by atoms with E-state index in [0.29, 0.717) is 6.54 Å². The number of nitrogens with one attached hydrogen (secondary N) is 1. The monoisotopic (exact) mass is 399 g/mol. The standard InChI is InChI=1S/C19H21N5OS2/c1-26-15-6-2-5-14(13-15)21-18(25)23-9-4-10-24(12-11-23)19-22-16-7-3-8-20-17(16)27-19/h2-3,5-8,13H,4,9-12H2,1H3,(H,21,25). The highest BCUT2D eigenvalue weighted by Gasteiger charge is 2.21. The van der Waals surface area contributed by atoms with E-state index < -0.39 is 0 Å². The van der Waals surface area contributed by atoms with Gasteiger partial charge in [0.25, 0.3) is 0 Å². The number of aromatic nitrogens is 2. The zero-order valence-electron chi connectivity index (χ0n) is 15.1. The minimum absolute atomic E-state index is 0.0407. The summed E-state index contributed by atoms with van der Waals surface area (Å²) in [5.74, 6) is 0. The highest BCUT2D eigenvalue weighted by molar-refractivity contribution is 7.98. The Morgan fingerprint density at radius 3 is 2.96 bits per heavy atom. The summed E-state index contributed by atoms with van der Waals surface area (Å²) in [5, 5.41) is 4.01. The molecule has 1 aliphatic rings. The van der Waals surface area contributed by atoms with E-state index in [9.17, 15) is 4.79 Å². The zero-order valence-corrected chi connectivity index (χ0v) is 16.7. The average Bonchev–Trinajstić information content (AvgIpc) is 2.97. The fraction of sp³-hybridized carbons (Fsp3) is 0.316. The van der Waals surface area contributed by atoms with Gasteiger partial charge in [0, 0.05) is 43.0 Å². The lowest BCUT2D eigenvalue weighted by Gasteiger charge is -2.22. The Bertz CT molecular complexity index is 912. The highest BCUT2D eigenvalue weighted by atomic mass is 32.2. The summed E-state index contributed by atoms with van der Waals surface area (Å²) in [5.41, 5.74) is 1.77. The lowest BCUT2D eigenvalue weighted by atomic mass is 10.3. The van der Waals surface area contributed by atoms with Crippen molar-refractivity contribution in [1.82, 2.24) is 14.9 Å². The number of hydrogen-bond acceptors (Lipinski definition) is 6. The molecule has 3 aromatic rings. The molecular formula is C19H21N5OS2. The summed E-state index contributed by atoms with van der Waals surface area (Å²) in [6.45, 7) is 3.09. The van der Waals surface area contributed by atoms with Gasteiger partial charge >= 0.3 is 6.03 Å². The van der Waals surface area contributed by atoms with Gasteiger partial charge in [-0.2, -0.15) is 0 Å². The number of thioether (sulfide) groups is 1. The molecule has 1 fully saturated rings. The first kappa shape index (κ1) is 18.1. The van der Waals surface area contributed by atoms with Crippen LogP contribution in [-0.2, 0) is 0 Å². The van der Waals surface area contributed by atoms with Gasteiger partial charge in [0.1, 0.15) is 10.3 Å². The fourth-order valence-electron chi connectivity index (χ4n) is 3.11. The van der Waals surface area contributed by atoms with Gasteiger partial charge < -0.3 is 15.1 Å². The van der Waals surface area contributed by atoms with E-state index in [1.807, 2.05) is 47.6 Å². The van der Waals surface area contributed by atoms with Crippen molar-refractivity contribution in [2.24, 2.45) is 0 Å². The molecule has 0 atom stereocenters. The first-order chi connectivity index (χ1) is 13.2. The third kappa shape index (κ3) is 4.17. The van der Waals surface area contributed by atoms with E-state index in [1.165, 1.54) is 0 Å². The number of benzene rings is 1. The predicted octanol–water partition coefficient (Wildman–Crippen LogP) is 4.16. The minimum Gasteiger partial charge on any atom is -0.346 e. The van der Waals surface area contributed by atoms with E-state index in [2.05, 4.69) is 15.2 Å².